The first-order chi connectivity index (χ1) is 16.5. The molecule has 1 aromatic heterocycles. The molecule has 35 heavy (non-hydrogen) atoms. The molecule has 0 radical (unpaired) electrons. The van der Waals surface area contributed by atoms with Crippen LogP contribution in [0, 0.1) is 18.3 Å². The Morgan fingerprint density at radius 3 is 2.51 bits per heavy atom. The van der Waals surface area contributed by atoms with E-state index in [1.54, 1.807) is 58.0 Å². The van der Waals surface area contributed by atoms with Gasteiger partial charge in [0.05, 0.1) is 47.9 Å². The van der Waals surface area contributed by atoms with Crippen molar-refractivity contribution in [2.24, 2.45) is 0 Å². The molecule has 2 aromatic carbocycles. The molecular formula is C26H27FN4O4. The fourth-order valence-corrected chi connectivity index (χ4v) is 4.30. The van der Waals surface area contributed by atoms with Gasteiger partial charge in [0.15, 0.2) is 0 Å². The average Bonchev–Trinajstić information content (AvgIpc) is 3.20. The predicted molar refractivity (Wildman–Crippen MR) is 129 cm³/mol. The van der Waals surface area contributed by atoms with Crippen molar-refractivity contribution in [3.63, 3.8) is 0 Å². The van der Waals surface area contributed by atoms with Crippen molar-refractivity contribution in [2.45, 2.75) is 51.9 Å². The van der Waals surface area contributed by atoms with E-state index in [1.807, 2.05) is 0 Å². The summed E-state index contributed by atoms with van der Waals surface area (Å²) in [5.74, 6) is 0.825. The summed E-state index contributed by atoms with van der Waals surface area (Å²) < 4.78 is 26.8. The molecule has 0 spiro atoms. The minimum absolute atomic E-state index is 0.0251. The Labute approximate surface area is 202 Å². The van der Waals surface area contributed by atoms with Crippen LogP contribution in [0.25, 0.3) is 16.6 Å². The van der Waals surface area contributed by atoms with Crippen LogP contribution in [0.15, 0.2) is 41.2 Å². The molecule has 8 nitrogen and oxygen atoms in total. The number of rotatable bonds is 3. The van der Waals surface area contributed by atoms with Crippen molar-refractivity contribution in [1.82, 2.24) is 14.5 Å². The van der Waals surface area contributed by atoms with Crippen LogP contribution in [0.5, 0.6) is 5.75 Å². The number of aromatic nitrogens is 2. The largest absolute Gasteiger partial charge is 0.497 e. The molecule has 1 aliphatic rings. The number of hydrogen-bond donors (Lipinski definition) is 0. The van der Waals surface area contributed by atoms with Gasteiger partial charge in [-0.1, -0.05) is 0 Å². The first kappa shape index (κ1) is 24.2. The molecule has 9 heteroatoms. The van der Waals surface area contributed by atoms with Gasteiger partial charge in [-0.25, -0.2) is 14.2 Å². The summed E-state index contributed by atoms with van der Waals surface area (Å²) in [6.45, 7) is 6.81. The fraction of sp³-hybridized carbons (Fsp3) is 0.385. The highest BCUT2D eigenvalue weighted by molar-refractivity contribution is 5.83. The van der Waals surface area contributed by atoms with Crippen LogP contribution in [0.3, 0.4) is 0 Å². The topological polar surface area (TPSA) is 97.4 Å². The molecule has 4 rings (SSSR count). The minimum atomic E-state index is -1.30. The normalized spacial score (nSPS) is 17.9. The summed E-state index contributed by atoms with van der Waals surface area (Å²) in [5, 5.41) is 9.67. The maximum atomic E-state index is 14.7. The molecule has 0 unspecified atom stereocenters. The first-order valence-corrected chi connectivity index (χ1v) is 11.3. The number of halogens is 1. The molecule has 2 heterocycles. The number of fused-ring (bicyclic) bond motifs is 1. The molecule has 0 bridgehead atoms. The lowest BCUT2D eigenvalue weighted by Gasteiger charge is -2.29. The molecule has 0 aliphatic carbocycles. The van der Waals surface area contributed by atoms with E-state index in [0.717, 1.165) is 0 Å². The van der Waals surface area contributed by atoms with E-state index in [0.29, 0.717) is 28.1 Å². The van der Waals surface area contributed by atoms with Crippen molar-refractivity contribution in [1.29, 1.82) is 5.26 Å². The molecule has 1 fully saturated rings. The lowest BCUT2D eigenvalue weighted by molar-refractivity contribution is 0.0209. The van der Waals surface area contributed by atoms with Crippen molar-refractivity contribution in [3.05, 3.63) is 63.7 Å². The quantitative estimate of drug-likeness (QED) is 0.546. The zero-order valence-corrected chi connectivity index (χ0v) is 20.3. The molecule has 2 atom stereocenters. The van der Waals surface area contributed by atoms with Gasteiger partial charge in [0.2, 0.25) is 0 Å². The maximum Gasteiger partial charge on any atom is 0.411 e. The predicted octanol–water partition coefficient (Wildman–Crippen LogP) is 4.59. The van der Waals surface area contributed by atoms with Gasteiger partial charge in [0.25, 0.3) is 5.56 Å². The zero-order valence-electron chi connectivity index (χ0n) is 20.3. The van der Waals surface area contributed by atoms with Crippen molar-refractivity contribution in [2.75, 3.05) is 13.7 Å². The van der Waals surface area contributed by atoms with Crippen LogP contribution in [0.2, 0.25) is 0 Å². The van der Waals surface area contributed by atoms with E-state index >= 15 is 0 Å². The van der Waals surface area contributed by atoms with Crippen LogP contribution in [-0.4, -0.2) is 46.0 Å². The maximum absolute atomic E-state index is 14.7. The summed E-state index contributed by atoms with van der Waals surface area (Å²) in [6, 6.07) is 11.2. The lowest BCUT2D eigenvalue weighted by atomic mass is 10.1. The van der Waals surface area contributed by atoms with Gasteiger partial charge in [-0.15, -0.1) is 0 Å². The van der Waals surface area contributed by atoms with E-state index in [-0.39, 0.29) is 24.2 Å². The number of likely N-dealkylation sites (tertiary alicyclic amines) is 1. The third kappa shape index (κ3) is 4.69. The van der Waals surface area contributed by atoms with Gasteiger partial charge >= 0.3 is 6.09 Å². The van der Waals surface area contributed by atoms with E-state index in [1.165, 1.54) is 22.6 Å². The Kier molecular flexibility index (Phi) is 6.24. The monoisotopic (exact) mass is 478 g/mol. The van der Waals surface area contributed by atoms with Crippen LogP contribution in [0.1, 0.15) is 50.2 Å². The van der Waals surface area contributed by atoms with Gasteiger partial charge in [0, 0.05) is 6.42 Å². The number of aryl methyl sites for hydroxylation is 1. The van der Waals surface area contributed by atoms with Gasteiger partial charge in [0.1, 0.15) is 23.3 Å². The smallest absolute Gasteiger partial charge is 0.411 e. The Hall–Kier alpha value is -3.93. The highest BCUT2D eigenvalue weighted by atomic mass is 19.1. The number of nitriles is 1. The molecular weight excluding hydrogens is 451 g/mol. The van der Waals surface area contributed by atoms with Crippen molar-refractivity contribution in [3.8, 4) is 17.5 Å². The summed E-state index contributed by atoms with van der Waals surface area (Å²) in [7, 11) is 1.54. The number of carbonyl (C=O) groups is 1. The number of hydrogen-bond acceptors (Lipinski definition) is 6. The molecule has 0 saturated carbocycles. The number of amides is 1. The van der Waals surface area contributed by atoms with E-state index < -0.39 is 29.5 Å². The number of benzene rings is 2. The summed E-state index contributed by atoms with van der Waals surface area (Å²) >= 11 is 0. The standard InChI is InChI=1S/C26H27FN4O4/c1-15-10-16(13-28)11-20-22(15)29-23(31(24(20)32)18-6-8-19(34-5)9-7-18)21-12-17(27)14-30(21)25(33)35-26(2,3)4/h6-11,17,21H,12,14H2,1-5H3/t17-,21+/m0/s1. The second-order valence-corrected chi connectivity index (χ2v) is 9.59. The number of nitrogens with zero attached hydrogens (tertiary/aromatic N) is 4. The Morgan fingerprint density at radius 2 is 1.91 bits per heavy atom. The number of alkyl halides is 1. The Balaban J connectivity index is 1.98. The summed E-state index contributed by atoms with van der Waals surface area (Å²) in [5.41, 5.74) is 0.668. The van der Waals surface area contributed by atoms with Gasteiger partial charge in [-0.3, -0.25) is 14.3 Å². The van der Waals surface area contributed by atoms with E-state index in [2.05, 4.69) is 6.07 Å². The first-order valence-electron chi connectivity index (χ1n) is 11.3. The van der Waals surface area contributed by atoms with Gasteiger partial charge in [-0.2, -0.15) is 5.26 Å². The third-order valence-corrected chi connectivity index (χ3v) is 5.83. The zero-order chi connectivity index (χ0) is 25.5. The highest BCUT2D eigenvalue weighted by Gasteiger charge is 2.41. The van der Waals surface area contributed by atoms with Crippen LogP contribution in [0.4, 0.5) is 9.18 Å². The third-order valence-electron chi connectivity index (χ3n) is 5.83. The molecule has 0 N–H and O–H groups in total. The van der Waals surface area contributed by atoms with Crippen molar-refractivity contribution < 1.29 is 18.7 Å². The SMILES string of the molecule is COc1ccc(-n2c([C@H]3C[C@H](F)CN3C(=O)OC(C)(C)C)nc3c(C)cc(C#N)cc3c2=O)cc1. The Bertz CT molecular complexity index is 1390. The second kappa shape index (κ2) is 9.02. The van der Waals surface area contributed by atoms with E-state index in [4.69, 9.17) is 14.5 Å². The van der Waals surface area contributed by atoms with Crippen molar-refractivity contribution >= 4 is 17.0 Å². The highest BCUT2D eigenvalue weighted by Crippen LogP contribution is 2.35. The number of ether oxygens (including phenoxy) is 2. The van der Waals surface area contributed by atoms with Crippen LogP contribution in [-0.2, 0) is 4.74 Å². The number of carbonyl (C=O) groups excluding carboxylic acids is 1. The van der Waals surface area contributed by atoms with Gasteiger partial charge < -0.3 is 9.47 Å². The molecule has 1 saturated heterocycles. The van der Waals surface area contributed by atoms with Gasteiger partial charge in [-0.05, 0) is 69.7 Å². The molecule has 1 amide bonds. The average molecular weight is 479 g/mol. The van der Waals surface area contributed by atoms with E-state index in [9.17, 15) is 19.2 Å². The summed E-state index contributed by atoms with van der Waals surface area (Å²) in [6.07, 6.45) is -2.00. The molecule has 182 valence electrons. The van der Waals surface area contributed by atoms with Crippen LogP contribution < -0.4 is 10.3 Å². The lowest BCUT2D eigenvalue weighted by Crippen LogP contribution is -2.39. The molecule has 1 aliphatic heterocycles. The minimum Gasteiger partial charge on any atom is -0.497 e. The summed E-state index contributed by atoms with van der Waals surface area (Å²) in [4.78, 5) is 32.9. The second-order valence-electron chi connectivity index (χ2n) is 9.59. The number of methoxy groups -OCH3 is 1. The fourth-order valence-electron chi connectivity index (χ4n) is 4.30. The van der Waals surface area contributed by atoms with Crippen LogP contribution >= 0.6 is 0 Å². The molecule has 3 aromatic rings. The Morgan fingerprint density at radius 1 is 1.23 bits per heavy atom.